The second-order valence-corrected chi connectivity index (χ2v) is 9.19. The first-order valence-electron chi connectivity index (χ1n) is 13.3. The van der Waals surface area contributed by atoms with Gasteiger partial charge in [0.05, 0.1) is 44.4 Å². The Hall–Kier alpha value is -4.65. The Balaban J connectivity index is 1.45. The first-order valence-corrected chi connectivity index (χ1v) is 13.3. The van der Waals surface area contributed by atoms with E-state index in [4.69, 9.17) is 18.9 Å². The molecular formula is C29H35F2N7O4. The van der Waals surface area contributed by atoms with Gasteiger partial charge in [-0.3, -0.25) is 4.68 Å². The van der Waals surface area contributed by atoms with Gasteiger partial charge in [-0.05, 0) is 25.1 Å². The van der Waals surface area contributed by atoms with Crippen molar-refractivity contribution in [3.8, 4) is 11.5 Å². The second-order valence-electron chi connectivity index (χ2n) is 9.19. The van der Waals surface area contributed by atoms with Gasteiger partial charge in [-0.15, -0.1) is 0 Å². The minimum atomic E-state index is -0.988. The lowest BCUT2D eigenvalue weighted by Crippen LogP contribution is -2.43. The van der Waals surface area contributed by atoms with Crippen LogP contribution in [-0.4, -0.2) is 73.4 Å². The third-order valence-corrected chi connectivity index (χ3v) is 6.46. The number of benzene rings is 1. The van der Waals surface area contributed by atoms with Gasteiger partial charge in [0.1, 0.15) is 30.5 Å². The van der Waals surface area contributed by atoms with E-state index in [-0.39, 0.29) is 17.3 Å². The molecule has 4 rings (SSSR count). The number of nitrogens with zero attached hydrogens (tertiary/aromatic N) is 5. The summed E-state index contributed by atoms with van der Waals surface area (Å²) in [5, 5.41) is 10.8. The lowest BCUT2D eigenvalue weighted by atomic mass is 10.2. The molecule has 1 fully saturated rings. The summed E-state index contributed by atoms with van der Waals surface area (Å²) in [6.45, 7) is 8.94. The maximum Gasteiger partial charge on any atom is 0.227 e. The summed E-state index contributed by atoms with van der Waals surface area (Å²) in [7, 11) is 2.52. The summed E-state index contributed by atoms with van der Waals surface area (Å²) in [4.78, 5) is 10.8. The molecule has 1 aliphatic rings. The van der Waals surface area contributed by atoms with Gasteiger partial charge in [-0.2, -0.15) is 5.10 Å². The van der Waals surface area contributed by atoms with Gasteiger partial charge in [-0.25, -0.2) is 18.7 Å². The zero-order valence-electron chi connectivity index (χ0n) is 23.9. The highest BCUT2D eigenvalue weighted by Gasteiger charge is 2.20. The minimum absolute atomic E-state index is 0.115. The number of rotatable bonds is 14. The Bertz CT molecular complexity index is 1390. The fraction of sp³-hybridized carbons (Fsp3) is 0.345. The first-order chi connectivity index (χ1) is 20.4. The molecule has 0 saturated carbocycles. The molecule has 1 aliphatic heterocycles. The van der Waals surface area contributed by atoms with Crippen LogP contribution in [0, 0.1) is 0 Å². The van der Waals surface area contributed by atoms with E-state index in [1.807, 2.05) is 35.1 Å². The van der Waals surface area contributed by atoms with E-state index in [2.05, 4.69) is 37.2 Å². The summed E-state index contributed by atoms with van der Waals surface area (Å²) in [6, 6.07) is 7.72. The zero-order valence-corrected chi connectivity index (χ0v) is 23.9. The third kappa shape index (κ3) is 7.97. The molecule has 0 amide bonds. The zero-order chi connectivity index (χ0) is 29.9. The minimum Gasteiger partial charge on any atom is -0.498 e. The molecule has 3 heterocycles. The quantitative estimate of drug-likeness (QED) is 0.208. The van der Waals surface area contributed by atoms with Crippen molar-refractivity contribution in [3.63, 3.8) is 0 Å². The number of piperazine rings is 1. The number of nitrogens with one attached hydrogen (secondary N) is 2. The van der Waals surface area contributed by atoms with E-state index in [1.54, 1.807) is 6.20 Å². The van der Waals surface area contributed by atoms with Crippen LogP contribution in [0.4, 0.5) is 26.1 Å². The highest BCUT2D eigenvalue weighted by atomic mass is 19.1. The molecule has 0 bridgehead atoms. The summed E-state index contributed by atoms with van der Waals surface area (Å²) < 4.78 is 52.8. The summed E-state index contributed by atoms with van der Waals surface area (Å²) in [5.41, 5.74) is 1.32. The maximum atomic E-state index is 14.8. The molecule has 13 heteroatoms. The number of ether oxygens (including phenoxy) is 4. The molecule has 11 nitrogen and oxygen atoms in total. The molecular weight excluding hydrogens is 548 g/mol. The van der Waals surface area contributed by atoms with E-state index in [1.165, 1.54) is 33.5 Å². The summed E-state index contributed by atoms with van der Waals surface area (Å²) in [6.07, 6.45) is 6.42. The largest absolute Gasteiger partial charge is 0.498 e. The molecule has 3 aromatic rings. The second kappa shape index (κ2) is 14.8. The van der Waals surface area contributed by atoms with Gasteiger partial charge < -0.3 is 34.5 Å². The van der Waals surface area contributed by atoms with Gasteiger partial charge in [0.15, 0.2) is 17.4 Å². The number of halogens is 2. The van der Waals surface area contributed by atoms with E-state index < -0.39 is 23.8 Å². The smallest absolute Gasteiger partial charge is 0.227 e. The average molecular weight is 584 g/mol. The predicted octanol–water partition coefficient (Wildman–Crippen LogP) is 4.52. The van der Waals surface area contributed by atoms with Gasteiger partial charge in [0.2, 0.25) is 5.95 Å². The van der Waals surface area contributed by atoms with Crippen LogP contribution in [0.3, 0.4) is 0 Å². The monoisotopic (exact) mass is 583 g/mol. The van der Waals surface area contributed by atoms with E-state index in [0.717, 1.165) is 43.3 Å². The normalized spacial score (nSPS) is 14.5. The number of anilines is 3. The Morgan fingerprint density at radius 3 is 2.50 bits per heavy atom. The highest BCUT2D eigenvalue weighted by Crippen LogP contribution is 2.33. The molecule has 1 saturated heterocycles. The lowest BCUT2D eigenvalue weighted by molar-refractivity contribution is 0.266. The van der Waals surface area contributed by atoms with Gasteiger partial charge in [-0.1, -0.05) is 6.58 Å². The SMILES string of the molecule is C=C(OC)/C(F)=C(COc1cnc(Nc2ccc(N3CCNCC3)c(OCCn3cccn3)c2)nc1)\C(F)=C(/C)OC. The molecule has 2 aromatic heterocycles. The van der Waals surface area contributed by atoms with Gasteiger partial charge in [0.25, 0.3) is 0 Å². The number of hydrogen-bond acceptors (Lipinski definition) is 10. The highest BCUT2D eigenvalue weighted by molar-refractivity contribution is 5.67. The molecule has 2 N–H and O–H groups in total. The lowest BCUT2D eigenvalue weighted by Gasteiger charge is -2.31. The third-order valence-electron chi connectivity index (χ3n) is 6.46. The molecule has 1 aromatic carbocycles. The fourth-order valence-electron chi connectivity index (χ4n) is 4.08. The van der Waals surface area contributed by atoms with Gasteiger partial charge >= 0.3 is 0 Å². The molecule has 224 valence electrons. The molecule has 0 aliphatic carbocycles. The summed E-state index contributed by atoms with van der Waals surface area (Å²) >= 11 is 0. The van der Waals surface area contributed by atoms with Crippen molar-refractivity contribution in [2.24, 2.45) is 0 Å². The fourth-order valence-corrected chi connectivity index (χ4v) is 4.08. The standard InChI is InChI=1S/C29H35F2N7O4/c1-20(39-3)27(30)24(28(31)21(2)40-4)19-42-23-17-33-29(34-18-23)36-22-6-7-25(37-12-9-32-10-13-37)26(16-22)41-15-14-38-11-5-8-35-38/h5-8,11,16-18,32H,1,9-10,12-15,19H2,2-4H3,(H,33,34,36)/b27-24+,28-21-. The van der Waals surface area contributed by atoms with Gasteiger partial charge in [0, 0.05) is 50.3 Å². The van der Waals surface area contributed by atoms with Crippen LogP contribution in [0.5, 0.6) is 11.5 Å². The Kier molecular flexibility index (Phi) is 10.7. The van der Waals surface area contributed by atoms with Crippen LogP contribution >= 0.6 is 0 Å². The molecule has 0 atom stereocenters. The van der Waals surface area contributed by atoms with E-state index in [9.17, 15) is 8.78 Å². The van der Waals surface area contributed by atoms with Crippen molar-refractivity contribution >= 4 is 17.3 Å². The first kappa shape index (κ1) is 30.3. The molecule has 42 heavy (non-hydrogen) atoms. The molecule has 0 spiro atoms. The Labute approximate surface area is 243 Å². The number of methoxy groups -OCH3 is 2. The average Bonchev–Trinajstić information content (AvgIpc) is 3.55. The van der Waals surface area contributed by atoms with Crippen molar-refractivity contribution in [3.05, 3.63) is 84.4 Å². The van der Waals surface area contributed by atoms with E-state index in [0.29, 0.717) is 19.1 Å². The van der Waals surface area contributed by atoms with Crippen LogP contribution in [0.15, 0.2) is 84.4 Å². The Morgan fingerprint density at radius 1 is 1.07 bits per heavy atom. The van der Waals surface area contributed by atoms with Crippen molar-refractivity contribution in [2.75, 3.05) is 63.8 Å². The van der Waals surface area contributed by atoms with Crippen molar-refractivity contribution < 1.29 is 27.7 Å². The van der Waals surface area contributed by atoms with Crippen LogP contribution in [0.1, 0.15) is 6.92 Å². The van der Waals surface area contributed by atoms with Crippen molar-refractivity contribution in [2.45, 2.75) is 13.5 Å². The molecule has 0 radical (unpaired) electrons. The van der Waals surface area contributed by atoms with Crippen LogP contribution in [0.25, 0.3) is 0 Å². The Morgan fingerprint density at radius 2 is 1.83 bits per heavy atom. The number of allylic oxidation sites excluding steroid dienone is 2. The topological polar surface area (TPSA) is 108 Å². The van der Waals surface area contributed by atoms with Crippen molar-refractivity contribution in [1.82, 2.24) is 25.1 Å². The van der Waals surface area contributed by atoms with Crippen LogP contribution < -0.4 is 25.0 Å². The summed E-state index contributed by atoms with van der Waals surface area (Å²) in [5.74, 6) is -1.12. The number of aromatic nitrogens is 4. The van der Waals surface area contributed by atoms with E-state index >= 15 is 0 Å². The van der Waals surface area contributed by atoms with Crippen LogP contribution in [-0.2, 0) is 16.0 Å². The van der Waals surface area contributed by atoms with Crippen molar-refractivity contribution in [1.29, 1.82) is 0 Å². The number of hydrogen-bond donors (Lipinski definition) is 2. The predicted molar refractivity (Wildman–Crippen MR) is 155 cm³/mol. The van der Waals surface area contributed by atoms with Crippen LogP contribution in [0.2, 0.25) is 0 Å². The molecule has 0 unspecified atom stereocenters. The maximum absolute atomic E-state index is 14.8.